The number of anilines is 1. The number of amides is 1. The number of rotatable bonds is 2. The van der Waals surface area contributed by atoms with Gasteiger partial charge >= 0.3 is 0 Å². The second-order valence-electron chi connectivity index (χ2n) is 6.13. The summed E-state index contributed by atoms with van der Waals surface area (Å²) >= 11 is 0. The quantitative estimate of drug-likeness (QED) is 0.519. The number of aromatic nitrogens is 4. The molecule has 26 heavy (non-hydrogen) atoms. The van der Waals surface area contributed by atoms with Crippen molar-refractivity contribution in [2.24, 2.45) is 5.73 Å². The van der Waals surface area contributed by atoms with Gasteiger partial charge in [-0.05, 0) is 18.2 Å². The van der Waals surface area contributed by atoms with E-state index in [0.717, 1.165) is 27.9 Å². The van der Waals surface area contributed by atoms with Gasteiger partial charge < -0.3 is 16.0 Å². The Bertz CT molecular complexity index is 1150. The monoisotopic (exact) mass is 342 g/mol. The van der Waals surface area contributed by atoms with Crippen molar-refractivity contribution in [1.82, 2.24) is 20.2 Å². The number of aromatic amines is 1. The minimum absolute atomic E-state index is 0.161. The van der Waals surface area contributed by atoms with Gasteiger partial charge in [-0.2, -0.15) is 0 Å². The molecule has 4 N–H and O–H groups in total. The fourth-order valence-electron chi connectivity index (χ4n) is 3.54. The van der Waals surface area contributed by atoms with Crippen molar-refractivity contribution in [2.45, 2.75) is 6.04 Å². The van der Waals surface area contributed by atoms with Gasteiger partial charge in [0, 0.05) is 40.2 Å². The van der Waals surface area contributed by atoms with Crippen LogP contribution in [0.4, 0.5) is 5.69 Å². The number of carbonyl (C=O) groups excluding carboxylic acids is 1. The van der Waals surface area contributed by atoms with Crippen LogP contribution in [-0.4, -0.2) is 26.1 Å². The molecule has 1 unspecified atom stereocenters. The highest BCUT2D eigenvalue weighted by atomic mass is 16.1. The fraction of sp³-hybridized carbons (Fsp3) is 0.0526. The number of hydrogen-bond acceptors (Lipinski definition) is 5. The van der Waals surface area contributed by atoms with E-state index >= 15 is 0 Å². The summed E-state index contributed by atoms with van der Waals surface area (Å²) < 4.78 is 0. The highest BCUT2D eigenvalue weighted by Crippen LogP contribution is 2.43. The van der Waals surface area contributed by atoms with Crippen LogP contribution in [-0.2, 0) is 0 Å². The van der Waals surface area contributed by atoms with E-state index in [9.17, 15) is 4.79 Å². The van der Waals surface area contributed by atoms with Crippen molar-refractivity contribution in [3.8, 4) is 11.1 Å². The topological polar surface area (TPSA) is 110 Å². The van der Waals surface area contributed by atoms with Gasteiger partial charge in [0.2, 0.25) is 0 Å². The molecule has 7 heteroatoms. The van der Waals surface area contributed by atoms with E-state index in [1.165, 1.54) is 0 Å². The third-order valence-corrected chi connectivity index (χ3v) is 4.65. The minimum atomic E-state index is -0.604. The molecule has 3 aromatic heterocycles. The normalized spacial score (nSPS) is 15.2. The Labute approximate surface area is 148 Å². The molecule has 4 heterocycles. The van der Waals surface area contributed by atoms with Crippen LogP contribution in [0.2, 0.25) is 0 Å². The minimum Gasteiger partial charge on any atom is -0.372 e. The summed E-state index contributed by atoms with van der Waals surface area (Å²) in [6.45, 7) is 0. The van der Waals surface area contributed by atoms with Gasteiger partial charge in [-0.25, -0.2) is 0 Å². The first-order valence-electron chi connectivity index (χ1n) is 8.18. The lowest BCUT2D eigenvalue weighted by atomic mass is 9.97. The molecule has 1 amide bonds. The molecule has 0 saturated heterocycles. The highest BCUT2D eigenvalue weighted by molar-refractivity contribution is 6.10. The molecular formula is C19H14N6O. The fourth-order valence-corrected chi connectivity index (χ4v) is 3.54. The van der Waals surface area contributed by atoms with Gasteiger partial charge in [0.15, 0.2) is 11.3 Å². The van der Waals surface area contributed by atoms with Crippen molar-refractivity contribution >= 4 is 22.6 Å². The largest absolute Gasteiger partial charge is 0.372 e. The summed E-state index contributed by atoms with van der Waals surface area (Å²) in [7, 11) is 0. The zero-order chi connectivity index (χ0) is 17.7. The molecular weight excluding hydrogens is 328 g/mol. The number of nitrogens with zero attached hydrogens (tertiary/aromatic N) is 3. The summed E-state index contributed by atoms with van der Waals surface area (Å²) in [5.74, 6) is -0.604. The van der Waals surface area contributed by atoms with Crippen LogP contribution < -0.4 is 11.1 Å². The number of primary amides is 1. The SMILES string of the molecule is NC(=O)c1nnc2[nH]cc3c2c1-c1ccccc1NC3c1ccccn1. The molecule has 1 atom stereocenters. The van der Waals surface area contributed by atoms with Crippen LogP contribution in [0.5, 0.6) is 0 Å². The first-order chi connectivity index (χ1) is 12.7. The van der Waals surface area contributed by atoms with Crippen LogP contribution in [0.15, 0.2) is 54.9 Å². The second kappa shape index (κ2) is 5.38. The zero-order valence-corrected chi connectivity index (χ0v) is 13.6. The van der Waals surface area contributed by atoms with Crippen molar-refractivity contribution in [2.75, 3.05) is 5.32 Å². The van der Waals surface area contributed by atoms with Gasteiger partial charge in [0.1, 0.15) is 0 Å². The molecule has 0 radical (unpaired) electrons. The molecule has 0 fully saturated rings. The Hall–Kier alpha value is -3.74. The van der Waals surface area contributed by atoms with Gasteiger partial charge in [-0.1, -0.05) is 24.3 Å². The Morgan fingerprint density at radius 1 is 1.08 bits per heavy atom. The van der Waals surface area contributed by atoms with E-state index < -0.39 is 5.91 Å². The van der Waals surface area contributed by atoms with E-state index in [-0.39, 0.29) is 11.7 Å². The van der Waals surface area contributed by atoms with Crippen molar-refractivity contribution in [3.05, 3.63) is 71.8 Å². The lowest BCUT2D eigenvalue weighted by Gasteiger charge is -2.18. The first-order valence-corrected chi connectivity index (χ1v) is 8.18. The van der Waals surface area contributed by atoms with Gasteiger partial charge in [0.25, 0.3) is 5.91 Å². The number of para-hydroxylation sites is 1. The molecule has 0 saturated carbocycles. The predicted molar refractivity (Wildman–Crippen MR) is 97.5 cm³/mol. The standard InChI is InChI=1S/C19H14N6O/c20-18(26)17-14-10-5-1-2-6-12(10)23-16(13-7-3-4-8-21-13)11-9-22-19(15(11)14)25-24-17/h1-9,16,23H,(H2,20,26)(H,22,25). The van der Waals surface area contributed by atoms with Crippen LogP contribution in [0.25, 0.3) is 22.2 Å². The number of nitrogens with two attached hydrogens (primary N) is 1. The molecule has 7 nitrogen and oxygen atoms in total. The summed E-state index contributed by atoms with van der Waals surface area (Å²) in [5.41, 5.74) is 10.6. The number of benzene rings is 1. The number of fused-ring (bicyclic) bond motifs is 2. The Kier molecular flexibility index (Phi) is 3.02. The maximum Gasteiger partial charge on any atom is 0.269 e. The molecule has 1 aliphatic rings. The molecule has 4 aromatic rings. The maximum absolute atomic E-state index is 12.0. The van der Waals surface area contributed by atoms with Gasteiger partial charge in [-0.15, -0.1) is 10.2 Å². The van der Waals surface area contributed by atoms with E-state index in [2.05, 4.69) is 25.5 Å². The van der Waals surface area contributed by atoms with Crippen LogP contribution in [0.1, 0.15) is 27.8 Å². The number of carbonyl (C=O) groups is 1. The number of hydrogen-bond donors (Lipinski definition) is 3. The molecule has 0 aliphatic carbocycles. The van der Waals surface area contributed by atoms with Crippen LogP contribution >= 0.6 is 0 Å². The van der Waals surface area contributed by atoms with Crippen LogP contribution in [0, 0.1) is 0 Å². The van der Waals surface area contributed by atoms with E-state index in [1.54, 1.807) is 6.20 Å². The van der Waals surface area contributed by atoms with E-state index in [0.29, 0.717) is 11.2 Å². The third-order valence-electron chi connectivity index (χ3n) is 4.65. The lowest BCUT2D eigenvalue weighted by molar-refractivity contribution is 0.0995. The third kappa shape index (κ3) is 2.00. The van der Waals surface area contributed by atoms with E-state index in [1.807, 2.05) is 48.7 Å². The molecule has 0 spiro atoms. The first kappa shape index (κ1) is 14.6. The summed E-state index contributed by atoms with van der Waals surface area (Å²) in [4.78, 5) is 19.7. The number of nitrogens with one attached hydrogen (secondary N) is 2. The van der Waals surface area contributed by atoms with Crippen LogP contribution in [0.3, 0.4) is 0 Å². The predicted octanol–water partition coefficient (Wildman–Crippen LogP) is 2.63. The maximum atomic E-state index is 12.0. The molecule has 1 aliphatic heterocycles. The smallest absolute Gasteiger partial charge is 0.269 e. The molecule has 126 valence electrons. The number of H-pyrrole nitrogens is 1. The number of pyridine rings is 1. The average Bonchev–Trinajstić information content (AvgIpc) is 3.03. The zero-order valence-electron chi connectivity index (χ0n) is 13.6. The Morgan fingerprint density at radius 2 is 1.92 bits per heavy atom. The summed E-state index contributed by atoms with van der Waals surface area (Å²) in [6.07, 6.45) is 3.64. The molecule has 1 aromatic carbocycles. The average molecular weight is 342 g/mol. The second-order valence-corrected chi connectivity index (χ2v) is 6.13. The van der Waals surface area contributed by atoms with Crippen molar-refractivity contribution < 1.29 is 4.79 Å². The van der Waals surface area contributed by atoms with E-state index in [4.69, 9.17) is 5.73 Å². The van der Waals surface area contributed by atoms with Crippen molar-refractivity contribution in [3.63, 3.8) is 0 Å². The van der Waals surface area contributed by atoms with Gasteiger partial charge in [0.05, 0.1) is 11.7 Å². The van der Waals surface area contributed by atoms with Crippen molar-refractivity contribution in [1.29, 1.82) is 0 Å². The highest BCUT2D eigenvalue weighted by Gasteiger charge is 2.30. The van der Waals surface area contributed by atoms with Gasteiger partial charge in [-0.3, -0.25) is 9.78 Å². The Balaban J connectivity index is 1.92. The summed E-state index contributed by atoms with van der Waals surface area (Å²) in [5, 5.41) is 12.6. The summed E-state index contributed by atoms with van der Waals surface area (Å²) in [6, 6.07) is 13.4. The molecule has 5 rings (SSSR count). The lowest BCUT2D eigenvalue weighted by Crippen LogP contribution is -2.15. The molecule has 0 bridgehead atoms. The Morgan fingerprint density at radius 3 is 2.73 bits per heavy atom.